The molecular weight excluding hydrogens is 228 g/mol. The van der Waals surface area contributed by atoms with Gasteiger partial charge in [-0.25, -0.2) is 0 Å². The Morgan fingerprint density at radius 3 is 2.41 bits per heavy atom. The lowest BCUT2D eigenvalue weighted by Gasteiger charge is -1.98. The smallest absolute Gasteiger partial charge is 0.0478 e. The van der Waals surface area contributed by atoms with Gasteiger partial charge in [0.05, 0.1) is 0 Å². The van der Waals surface area contributed by atoms with Gasteiger partial charge in [0.15, 0.2) is 0 Å². The summed E-state index contributed by atoms with van der Waals surface area (Å²) in [6.07, 6.45) is 5.15. The van der Waals surface area contributed by atoms with Crippen molar-refractivity contribution in [1.82, 2.24) is 0 Å². The summed E-state index contributed by atoms with van der Waals surface area (Å²) in [5, 5.41) is 0.799. The van der Waals surface area contributed by atoms with Crippen molar-refractivity contribution in [2.75, 3.05) is 0 Å². The van der Waals surface area contributed by atoms with Crippen LogP contribution >= 0.6 is 11.6 Å². The van der Waals surface area contributed by atoms with E-state index in [0.29, 0.717) is 0 Å². The van der Waals surface area contributed by atoms with Crippen LogP contribution in [0.1, 0.15) is 16.7 Å². The van der Waals surface area contributed by atoms with Crippen LogP contribution < -0.4 is 0 Å². The third-order valence-corrected chi connectivity index (χ3v) is 3.02. The summed E-state index contributed by atoms with van der Waals surface area (Å²) >= 11 is 6.08. The highest BCUT2D eigenvalue weighted by Crippen LogP contribution is 2.16. The number of rotatable bonds is 3. The molecule has 0 amide bonds. The van der Waals surface area contributed by atoms with Crippen molar-refractivity contribution in [3.63, 3.8) is 0 Å². The minimum Gasteiger partial charge on any atom is -0.0837 e. The molecule has 0 heterocycles. The maximum absolute atomic E-state index is 6.08. The first kappa shape index (κ1) is 11.9. The lowest BCUT2D eigenvalue weighted by molar-refractivity contribution is 1.26. The molecule has 0 saturated carbocycles. The Bertz CT molecular complexity index is 509. The third kappa shape index (κ3) is 3.47. The zero-order valence-corrected chi connectivity index (χ0v) is 10.6. The quantitative estimate of drug-likeness (QED) is 0.718. The molecule has 2 rings (SSSR count). The van der Waals surface area contributed by atoms with E-state index in [1.54, 1.807) is 0 Å². The molecule has 1 heteroatoms. The van der Waals surface area contributed by atoms with Crippen LogP contribution in [-0.4, -0.2) is 0 Å². The van der Waals surface area contributed by atoms with Crippen LogP contribution in [0.25, 0.3) is 6.08 Å². The number of hydrogen-bond acceptors (Lipinski definition) is 0. The summed E-state index contributed by atoms with van der Waals surface area (Å²) in [5.41, 5.74) is 3.68. The van der Waals surface area contributed by atoms with E-state index >= 15 is 0 Å². The number of benzene rings is 2. The van der Waals surface area contributed by atoms with E-state index in [0.717, 1.165) is 17.0 Å². The first-order valence-corrected chi connectivity index (χ1v) is 6.10. The first-order valence-electron chi connectivity index (χ1n) is 5.72. The van der Waals surface area contributed by atoms with E-state index in [9.17, 15) is 0 Å². The number of aryl methyl sites for hydroxylation is 1. The molecule has 2 aromatic carbocycles. The fourth-order valence-electron chi connectivity index (χ4n) is 1.66. The largest absolute Gasteiger partial charge is 0.0837 e. The molecule has 0 spiro atoms. The summed E-state index contributed by atoms with van der Waals surface area (Å²) in [6, 6.07) is 16.5. The van der Waals surface area contributed by atoms with Crippen molar-refractivity contribution in [1.29, 1.82) is 0 Å². The van der Waals surface area contributed by atoms with E-state index in [2.05, 4.69) is 43.3 Å². The summed E-state index contributed by atoms with van der Waals surface area (Å²) in [4.78, 5) is 0. The zero-order valence-electron chi connectivity index (χ0n) is 9.86. The van der Waals surface area contributed by atoms with Gasteiger partial charge in [0.25, 0.3) is 0 Å². The van der Waals surface area contributed by atoms with E-state index in [-0.39, 0.29) is 0 Å². The Labute approximate surface area is 108 Å². The monoisotopic (exact) mass is 242 g/mol. The summed E-state index contributed by atoms with van der Waals surface area (Å²) in [6.45, 7) is 2.10. The van der Waals surface area contributed by atoms with Gasteiger partial charge in [0.1, 0.15) is 0 Å². The predicted octanol–water partition coefficient (Wildman–Crippen LogP) is 4.90. The van der Waals surface area contributed by atoms with Crippen LogP contribution in [0.2, 0.25) is 5.02 Å². The highest BCUT2D eigenvalue weighted by molar-refractivity contribution is 6.32. The van der Waals surface area contributed by atoms with Gasteiger partial charge in [-0.3, -0.25) is 0 Å². The van der Waals surface area contributed by atoms with Crippen molar-refractivity contribution in [3.8, 4) is 0 Å². The Balaban J connectivity index is 2.03. The maximum atomic E-state index is 6.08. The minimum atomic E-state index is 0.799. The van der Waals surface area contributed by atoms with Gasteiger partial charge >= 0.3 is 0 Å². The molecule has 0 aliphatic carbocycles. The van der Waals surface area contributed by atoms with Crippen LogP contribution in [0.3, 0.4) is 0 Å². The fraction of sp³-hybridized carbons (Fsp3) is 0.125. The molecule has 0 unspecified atom stereocenters. The average Bonchev–Trinajstić information content (AvgIpc) is 2.34. The Hall–Kier alpha value is -1.53. The van der Waals surface area contributed by atoms with Gasteiger partial charge in [0, 0.05) is 5.02 Å². The lowest BCUT2D eigenvalue weighted by atomic mass is 10.1. The van der Waals surface area contributed by atoms with Gasteiger partial charge in [-0.05, 0) is 30.5 Å². The Kier molecular flexibility index (Phi) is 4.00. The molecule has 0 aromatic heterocycles. The second-order valence-electron chi connectivity index (χ2n) is 4.11. The average molecular weight is 243 g/mol. The molecule has 0 N–H and O–H groups in total. The van der Waals surface area contributed by atoms with Crippen molar-refractivity contribution in [2.24, 2.45) is 0 Å². The van der Waals surface area contributed by atoms with Crippen LogP contribution in [0, 0.1) is 6.92 Å². The molecule has 86 valence electrons. The molecule has 2 aromatic rings. The highest BCUT2D eigenvalue weighted by Gasteiger charge is 1.93. The third-order valence-electron chi connectivity index (χ3n) is 2.68. The number of hydrogen-bond donors (Lipinski definition) is 0. The minimum absolute atomic E-state index is 0.799. The zero-order chi connectivity index (χ0) is 12.1. The Morgan fingerprint density at radius 1 is 1.00 bits per heavy atom. The van der Waals surface area contributed by atoms with Gasteiger partial charge in [0.2, 0.25) is 0 Å². The molecule has 0 atom stereocenters. The molecule has 0 bridgehead atoms. The second kappa shape index (κ2) is 5.70. The normalized spacial score (nSPS) is 10.9. The standard InChI is InChI=1S/C16H15Cl/c1-13-9-11-14(12-10-13)5-4-7-15-6-2-3-8-16(15)17/h2-4,6-12H,5H2,1H3/b7-4+. The number of halogens is 1. The van der Waals surface area contributed by atoms with Crippen LogP contribution in [0.15, 0.2) is 54.6 Å². The molecule has 0 nitrogen and oxygen atoms in total. The van der Waals surface area contributed by atoms with E-state index < -0.39 is 0 Å². The lowest BCUT2D eigenvalue weighted by Crippen LogP contribution is -1.81. The molecule has 0 saturated heterocycles. The molecule has 17 heavy (non-hydrogen) atoms. The van der Waals surface area contributed by atoms with Crippen LogP contribution in [0.5, 0.6) is 0 Å². The van der Waals surface area contributed by atoms with Gasteiger partial charge in [-0.1, -0.05) is 71.8 Å². The van der Waals surface area contributed by atoms with E-state index in [1.807, 2.05) is 24.3 Å². The van der Waals surface area contributed by atoms with Gasteiger partial charge < -0.3 is 0 Å². The Morgan fingerprint density at radius 2 is 1.71 bits per heavy atom. The SMILES string of the molecule is Cc1ccc(C/C=C/c2ccccc2Cl)cc1. The summed E-state index contributed by atoms with van der Waals surface area (Å²) in [5.74, 6) is 0. The van der Waals surface area contributed by atoms with E-state index in [4.69, 9.17) is 11.6 Å². The van der Waals surface area contributed by atoms with Crippen LogP contribution in [-0.2, 0) is 6.42 Å². The van der Waals surface area contributed by atoms with Gasteiger partial charge in [-0.2, -0.15) is 0 Å². The highest BCUT2D eigenvalue weighted by atomic mass is 35.5. The summed E-state index contributed by atoms with van der Waals surface area (Å²) < 4.78 is 0. The molecule has 0 aliphatic rings. The van der Waals surface area contributed by atoms with Crippen molar-refractivity contribution in [2.45, 2.75) is 13.3 Å². The van der Waals surface area contributed by atoms with Crippen molar-refractivity contribution >= 4 is 17.7 Å². The topological polar surface area (TPSA) is 0 Å². The molecular formula is C16H15Cl. The van der Waals surface area contributed by atoms with Gasteiger partial charge in [-0.15, -0.1) is 0 Å². The van der Waals surface area contributed by atoms with Crippen molar-refractivity contribution in [3.05, 3.63) is 76.3 Å². The summed E-state index contributed by atoms with van der Waals surface area (Å²) in [7, 11) is 0. The van der Waals surface area contributed by atoms with Crippen molar-refractivity contribution < 1.29 is 0 Å². The number of allylic oxidation sites excluding steroid dienone is 1. The molecule has 0 radical (unpaired) electrons. The van der Waals surface area contributed by atoms with E-state index in [1.165, 1.54) is 11.1 Å². The maximum Gasteiger partial charge on any atom is 0.0478 e. The molecule has 0 aliphatic heterocycles. The van der Waals surface area contributed by atoms with Crippen LogP contribution in [0.4, 0.5) is 0 Å². The first-order chi connectivity index (χ1) is 8.25. The fourth-order valence-corrected chi connectivity index (χ4v) is 1.86. The second-order valence-corrected chi connectivity index (χ2v) is 4.52. The molecule has 0 fully saturated rings. The predicted molar refractivity (Wildman–Crippen MR) is 75.4 cm³/mol.